The summed E-state index contributed by atoms with van der Waals surface area (Å²) in [6, 6.07) is 12.9. The summed E-state index contributed by atoms with van der Waals surface area (Å²) in [5, 5.41) is 8.80. The van der Waals surface area contributed by atoms with E-state index in [2.05, 4.69) is 15.3 Å². The molecule has 2 heterocycles. The van der Waals surface area contributed by atoms with Gasteiger partial charge < -0.3 is 10.2 Å². The van der Waals surface area contributed by atoms with Gasteiger partial charge in [0.25, 0.3) is 0 Å². The molecular weight excluding hydrogens is 391 g/mol. The first-order valence-electron chi connectivity index (χ1n) is 9.67. The molecular formula is C22H22F3N5. The molecule has 0 aliphatic rings. The fraction of sp³-hybridized carbons (Fsp3) is 0.273. The smallest absolute Gasteiger partial charge is 0.369 e. The molecule has 0 atom stereocenters. The number of nitrogens with zero attached hydrogens (tertiary/aromatic N) is 4. The van der Waals surface area contributed by atoms with Gasteiger partial charge in [-0.1, -0.05) is 24.3 Å². The highest BCUT2D eigenvalue weighted by Gasteiger charge is 2.30. The van der Waals surface area contributed by atoms with E-state index in [1.807, 2.05) is 38.4 Å². The SMILES string of the molecule is CN(C)CCCNc1nc2c(-c3ccc(C(F)(F)F)cc3)cnn2c2ccccc12. The Hall–Kier alpha value is -3.13. The van der Waals surface area contributed by atoms with Crippen molar-refractivity contribution in [1.29, 1.82) is 0 Å². The fourth-order valence-corrected chi connectivity index (χ4v) is 3.43. The van der Waals surface area contributed by atoms with Gasteiger partial charge in [0.05, 0.1) is 17.3 Å². The Labute approximate surface area is 172 Å². The van der Waals surface area contributed by atoms with Crippen LogP contribution in [0.5, 0.6) is 0 Å². The van der Waals surface area contributed by atoms with Gasteiger partial charge in [0.2, 0.25) is 0 Å². The van der Waals surface area contributed by atoms with Crippen molar-refractivity contribution in [2.45, 2.75) is 12.6 Å². The number of anilines is 1. The van der Waals surface area contributed by atoms with Crippen LogP contribution in [0, 0.1) is 0 Å². The van der Waals surface area contributed by atoms with Gasteiger partial charge in [-0.25, -0.2) is 9.50 Å². The molecule has 0 aliphatic carbocycles. The van der Waals surface area contributed by atoms with E-state index in [1.54, 1.807) is 10.7 Å². The number of fused-ring (bicyclic) bond motifs is 3. The lowest BCUT2D eigenvalue weighted by Crippen LogP contribution is -2.17. The van der Waals surface area contributed by atoms with Crippen LogP contribution in [0.3, 0.4) is 0 Å². The molecule has 8 heteroatoms. The number of nitrogens with one attached hydrogen (secondary N) is 1. The van der Waals surface area contributed by atoms with Crippen molar-refractivity contribution in [2.24, 2.45) is 0 Å². The van der Waals surface area contributed by atoms with Crippen LogP contribution in [-0.2, 0) is 6.18 Å². The van der Waals surface area contributed by atoms with E-state index in [0.29, 0.717) is 16.8 Å². The van der Waals surface area contributed by atoms with E-state index in [1.165, 1.54) is 12.1 Å². The Morgan fingerprint density at radius 2 is 1.77 bits per heavy atom. The summed E-state index contributed by atoms with van der Waals surface area (Å²) >= 11 is 0. The van der Waals surface area contributed by atoms with E-state index >= 15 is 0 Å². The van der Waals surface area contributed by atoms with Crippen LogP contribution in [0.15, 0.2) is 54.7 Å². The maximum atomic E-state index is 12.9. The highest BCUT2D eigenvalue weighted by atomic mass is 19.4. The minimum atomic E-state index is -4.36. The minimum absolute atomic E-state index is 0.601. The highest BCUT2D eigenvalue weighted by molar-refractivity contribution is 5.93. The van der Waals surface area contributed by atoms with E-state index in [-0.39, 0.29) is 0 Å². The molecule has 0 aliphatic heterocycles. The van der Waals surface area contributed by atoms with Crippen LogP contribution < -0.4 is 5.32 Å². The van der Waals surface area contributed by atoms with Crippen molar-refractivity contribution in [3.8, 4) is 11.1 Å². The van der Waals surface area contributed by atoms with Crippen molar-refractivity contribution in [1.82, 2.24) is 19.5 Å². The third kappa shape index (κ3) is 3.95. The molecule has 156 valence electrons. The van der Waals surface area contributed by atoms with Gasteiger partial charge in [0.1, 0.15) is 5.82 Å². The normalized spacial score (nSPS) is 12.2. The van der Waals surface area contributed by atoms with Crippen LogP contribution >= 0.6 is 0 Å². The maximum Gasteiger partial charge on any atom is 0.416 e. The zero-order valence-electron chi connectivity index (χ0n) is 16.7. The third-order valence-electron chi connectivity index (χ3n) is 4.95. The molecule has 1 N–H and O–H groups in total. The second-order valence-electron chi connectivity index (χ2n) is 7.43. The topological polar surface area (TPSA) is 45.5 Å². The lowest BCUT2D eigenvalue weighted by atomic mass is 10.1. The van der Waals surface area contributed by atoms with Crippen molar-refractivity contribution < 1.29 is 13.2 Å². The van der Waals surface area contributed by atoms with Crippen LogP contribution in [-0.4, -0.2) is 46.7 Å². The van der Waals surface area contributed by atoms with Crippen molar-refractivity contribution in [3.63, 3.8) is 0 Å². The molecule has 5 nitrogen and oxygen atoms in total. The monoisotopic (exact) mass is 413 g/mol. The summed E-state index contributed by atoms with van der Waals surface area (Å²) in [6.07, 6.45) is -1.76. The summed E-state index contributed by atoms with van der Waals surface area (Å²) in [5.74, 6) is 0.741. The predicted octanol–water partition coefficient (Wildman–Crippen LogP) is 4.93. The number of hydrogen-bond donors (Lipinski definition) is 1. The molecule has 4 aromatic rings. The average molecular weight is 413 g/mol. The number of aromatic nitrogens is 3. The molecule has 0 spiro atoms. The fourth-order valence-electron chi connectivity index (χ4n) is 3.43. The quantitative estimate of drug-likeness (QED) is 0.455. The summed E-state index contributed by atoms with van der Waals surface area (Å²) in [4.78, 5) is 6.90. The van der Waals surface area contributed by atoms with Gasteiger partial charge in [0.15, 0.2) is 5.65 Å². The summed E-state index contributed by atoms with van der Waals surface area (Å²) in [6.45, 7) is 1.71. The second kappa shape index (κ2) is 7.95. The van der Waals surface area contributed by atoms with Crippen LogP contribution in [0.25, 0.3) is 27.7 Å². The van der Waals surface area contributed by atoms with Gasteiger partial charge in [-0.2, -0.15) is 18.3 Å². The molecule has 0 fully saturated rings. The van der Waals surface area contributed by atoms with Gasteiger partial charge >= 0.3 is 6.18 Å². The number of hydrogen-bond acceptors (Lipinski definition) is 4. The number of benzene rings is 2. The number of para-hydroxylation sites is 1. The average Bonchev–Trinajstić information content (AvgIpc) is 3.14. The summed E-state index contributed by atoms with van der Waals surface area (Å²) in [5.41, 5.74) is 2.13. The van der Waals surface area contributed by atoms with Crippen molar-refractivity contribution in [2.75, 3.05) is 32.5 Å². The lowest BCUT2D eigenvalue weighted by molar-refractivity contribution is -0.137. The Kier molecular flexibility index (Phi) is 5.34. The predicted molar refractivity (Wildman–Crippen MR) is 113 cm³/mol. The molecule has 0 saturated carbocycles. The molecule has 30 heavy (non-hydrogen) atoms. The van der Waals surface area contributed by atoms with Gasteiger partial charge in [0, 0.05) is 17.5 Å². The molecule has 2 aromatic heterocycles. The van der Waals surface area contributed by atoms with Crippen molar-refractivity contribution >= 4 is 22.4 Å². The van der Waals surface area contributed by atoms with Crippen LogP contribution in [0.1, 0.15) is 12.0 Å². The van der Waals surface area contributed by atoms with Gasteiger partial charge in [-0.3, -0.25) is 0 Å². The Bertz CT molecular complexity index is 1160. The minimum Gasteiger partial charge on any atom is -0.369 e. The zero-order chi connectivity index (χ0) is 21.3. The maximum absolute atomic E-state index is 12.9. The van der Waals surface area contributed by atoms with E-state index in [9.17, 15) is 13.2 Å². The number of halogens is 3. The first kappa shape index (κ1) is 20.2. The first-order valence-corrected chi connectivity index (χ1v) is 9.67. The molecule has 0 bridgehead atoms. The Morgan fingerprint density at radius 3 is 2.47 bits per heavy atom. The highest BCUT2D eigenvalue weighted by Crippen LogP contribution is 2.33. The molecule has 4 rings (SSSR count). The zero-order valence-corrected chi connectivity index (χ0v) is 16.7. The van der Waals surface area contributed by atoms with E-state index < -0.39 is 11.7 Å². The Balaban J connectivity index is 1.76. The molecule has 0 unspecified atom stereocenters. The van der Waals surface area contributed by atoms with Gasteiger partial charge in [-0.15, -0.1) is 0 Å². The van der Waals surface area contributed by atoms with E-state index in [0.717, 1.165) is 48.4 Å². The molecule has 0 saturated heterocycles. The second-order valence-corrected chi connectivity index (χ2v) is 7.43. The van der Waals surface area contributed by atoms with Crippen LogP contribution in [0.4, 0.5) is 19.0 Å². The molecule has 2 aromatic carbocycles. The van der Waals surface area contributed by atoms with Crippen LogP contribution in [0.2, 0.25) is 0 Å². The Morgan fingerprint density at radius 1 is 1.03 bits per heavy atom. The summed E-state index contributed by atoms with van der Waals surface area (Å²) < 4.78 is 40.4. The first-order chi connectivity index (χ1) is 14.3. The number of rotatable bonds is 6. The third-order valence-corrected chi connectivity index (χ3v) is 4.95. The van der Waals surface area contributed by atoms with E-state index in [4.69, 9.17) is 4.98 Å². The molecule has 0 radical (unpaired) electrons. The lowest BCUT2D eigenvalue weighted by Gasteiger charge is -2.13. The standard InChI is InChI=1S/C22H22F3N5/c1-29(2)13-5-12-26-20-17-6-3-4-7-19(17)30-21(28-20)18(14-27-30)15-8-10-16(11-9-15)22(23,24)25/h3-4,6-11,14H,5,12-13H2,1-2H3,(H,26,28). The summed E-state index contributed by atoms with van der Waals surface area (Å²) in [7, 11) is 4.06. The number of alkyl halides is 3. The van der Waals surface area contributed by atoms with Crippen molar-refractivity contribution in [3.05, 3.63) is 60.3 Å². The van der Waals surface area contributed by atoms with Gasteiger partial charge in [-0.05, 0) is 56.9 Å². The molecule has 0 amide bonds. The largest absolute Gasteiger partial charge is 0.416 e.